The Morgan fingerprint density at radius 2 is 2.20 bits per heavy atom. The molecule has 2 nitrogen and oxygen atoms in total. The van der Waals surface area contributed by atoms with Gasteiger partial charge in [0.25, 0.3) is 0 Å². The third-order valence-corrected chi connectivity index (χ3v) is 1.89. The Morgan fingerprint density at radius 1 is 1.70 bits per heavy atom. The molecule has 0 radical (unpaired) electrons. The van der Waals surface area contributed by atoms with Crippen LogP contribution in [0.15, 0.2) is 0 Å². The number of halogens is 1. The molecule has 58 valence electrons. The van der Waals surface area contributed by atoms with Crippen molar-refractivity contribution in [3.05, 3.63) is 0 Å². The Hall–Kier alpha value is -0.0700. The first-order valence-electron chi connectivity index (χ1n) is 3.10. The Labute approximate surface area is 70.3 Å². The van der Waals surface area contributed by atoms with Crippen LogP contribution in [0.5, 0.6) is 0 Å². The standard InChI is InChI=1S/C7H12BrNO/c1-7(2,10-3)4-6(8)5-9/h6H,4H2,1-3H3. The molecule has 10 heavy (non-hydrogen) atoms. The summed E-state index contributed by atoms with van der Waals surface area (Å²) >= 11 is 3.21. The molecule has 0 saturated heterocycles. The van der Waals surface area contributed by atoms with Crippen molar-refractivity contribution in [1.29, 1.82) is 5.26 Å². The van der Waals surface area contributed by atoms with Crippen LogP contribution in [0.1, 0.15) is 20.3 Å². The van der Waals surface area contributed by atoms with Gasteiger partial charge in [0.2, 0.25) is 0 Å². The lowest BCUT2D eigenvalue weighted by atomic mass is 10.0. The van der Waals surface area contributed by atoms with Crippen molar-refractivity contribution in [2.24, 2.45) is 0 Å². The summed E-state index contributed by atoms with van der Waals surface area (Å²) in [4.78, 5) is -0.109. The summed E-state index contributed by atoms with van der Waals surface area (Å²) in [5.74, 6) is 0. The Morgan fingerprint density at radius 3 is 2.50 bits per heavy atom. The van der Waals surface area contributed by atoms with Gasteiger partial charge >= 0.3 is 0 Å². The van der Waals surface area contributed by atoms with Crippen LogP contribution in [-0.4, -0.2) is 17.5 Å². The van der Waals surface area contributed by atoms with Gasteiger partial charge in [-0.15, -0.1) is 0 Å². The molecule has 0 spiro atoms. The Kier molecular flexibility index (Phi) is 3.92. The highest BCUT2D eigenvalue weighted by molar-refractivity contribution is 9.09. The smallest absolute Gasteiger partial charge is 0.104 e. The number of nitrogens with zero attached hydrogens (tertiary/aromatic N) is 1. The summed E-state index contributed by atoms with van der Waals surface area (Å²) < 4.78 is 5.13. The first-order chi connectivity index (χ1) is 4.52. The van der Waals surface area contributed by atoms with E-state index >= 15 is 0 Å². The van der Waals surface area contributed by atoms with Crippen molar-refractivity contribution < 1.29 is 4.74 Å². The molecule has 0 fully saturated rings. The van der Waals surface area contributed by atoms with Crippen molar-refractivity contribution in [2.75, 3.05) is 7.11 Å². The molecule has 0 rings (SSSR count). The van der Waals surface area contributed by atoms with E-state index in [0.29, 0.717) is 6.42 Å². The third kappa shape index (κ3) is 3.86. The summed E-state index contributed by atoms with van der Waals surface area (Å²) in [6.45, 7) is 3.91. The summed E-state index contributed by atoms with van der Waals surface area (Å²) in [6.07, 6.45) is 0.708. The van der Waals surface area contributed by atoms with Gasteiger partial charge in [-0.05, 0) is 13.8 Å². The average molecular weight is 206 g/mol. The Bertz CT molecular complexity index is 139. The van der Waals surface area contributed by atoms with Gasteiger partial charge in [-0.3, -0.25) is 0 Å². The maximum Gasteiger partial charge on any atom is 0.104 e. The van der Waals surface area contributed by atoms with Crippen LogP contribution >= 0.6 is 15.9 Å². The topological polar surface area (TPSA) is 33.0 Å². The quantitative estimate of drug-likeness (QED) is 0.662. The van der Waals surface area contributed by atoms with Crippen LogP contribution < -0.4 is 0 Å². The second-order valence-electron chi connectivity index (χ2n) is 2.76. The molecule has 1 atom stereocenters. The van der Waals surface area contributed by atoms with E-state index in [1.165, 1.54) is 0 Å². The highest BCUT2D eigenvalue weighted by Crippen LogP contribution is 2.19. The molecule has 0 aromatic heterocycles. The number of methoxy groups -OCH3 is 1. The van der Waals surface area contributed by atoms with Crippen molar-refractivity contribution in [3.63, 3.8) is 0 Å². The van der Waals surface area contributed by atoms with Gasteiger partial charge in [0, 0.05) is 13.5 Å². The zero-order valence-electron chi connectivity index (χ0n) is 6.52. The fourth-order valence-corrected chi connectivity index (χ4v) is 1.34. The van der Waals surface area contributed by atoms with Crippen LogP contribution in [-0.2, 0) is 4.74 Å². The van der Waals surface area contributed by atoms with Crippen LogP contribution in [0, 0.1) is 11.3 Å². The van der Waals surface area contributed by atoms with E-state index in [4.69, 9.17) is 10.00 Å². The molecule has 0 heterocycles. The minimum atomic E-state index is -0.204. The van der Waals surface area contributed by atoms with E-state index in [1.54, 1.807) is 7.11 Å². The number of ether oxygens (including phenoxy) is 1. The average Bonchev–Trinajstić information content (AvgIpc) is 1.87. The molecule has 1 unspecified atom stereocenters. The minimum absolute atomic E-state index is 0.109. The normalized spacial score (nSPS) is 14.3. The van der Waals surface area contributed by atoms with Crippen LogP contribution in [0.25, 0.3) is 0 Å². The molecule has 0 N–H and O–H groups in total. The molecular weight excluding hydrogens is 194 g/mol. The van der Waals surface area contributed by atoms with Gasteiger partial charge in [-0.25, -0.2) is 0 Å². The zero-order valence-corrected chi connectivity index (χ0v) is 8.10. The van der Waals surface area contributed by atoms with Gasteiger partial charge in [0.1, 0.15) is 4.83 Å². The summed E-state index contributed by atoms with van der Waals surface area (Å²) in [6, 6.07) is 2.09. The second-order valence-corrected chi connectivity index (χ2v) is 3.87. The van der Waals surface area contributed by atoms with E-state index in [0.717, 1.165) is 0 Å². The summed E-state index contributed by atoms with van der Waals surface area (Å²) in [7, 11) is 1.65. The fourth-order valence-electron chi connectivity index (χ4n) is 0.561. The summed E-state index contributed by atoms with van der Waals surface area (Å²) in [5, 5.41) is 8.44. The minimum Gasteiger partial charge on any atom is -0.379 e. The van der Waals surface area contributed by atoms with E-state index < -0.39 is 0 Å². The maximum atomic E-state index is 8.44. The molecule has 0 amide bonds. The lowest BCUT2D eigenvalue weighted by molar-refractivity contribution is 0.0181. The lowest BCUT2D eigenvalue weighted by Gasteiger charge is -2.22. The first kappa shape index (κ1) is 9.93. The molecule has 3 heteroatoms. The molecule has 0 saturated carbocycles. The van der Waals surface area contributed by atoms with E-state index in [9.17, 15) is 0 Å². The lowest BCUT2D eigenvalue weighted by Crippen LogP contribution is -2.25. The largest absolute Gasteiger partial charge is 0.379 e. The maximum absolute atomic E-state index is 8.44. The third-order valence-electron chi connectivity index (χ3n) is 1.36. The monoisotopic (exact) mass is 205 g/mol. The van der Waals surface area contributed by atoms with Crippen LogP contribution in [0.2, 0.25) is 0 Å². The Balaban J connectivity index is 3.79. The predicted octanol–water partition coefficient (Wildman–Crippen LogP) is 2.09. The van der Waals surface area contributed by atoms with E-state index in [2.05, 4.69) is 22.0 Å². The number of nitriles is 1. The highest BCUT2D eigenvalue weighted by Gasteiger charge is 2.20. The van der Waals surface area contributed by atoms with Gasteiger partial charge in [0.15, 0.2) is 0 Å². The number of rotatable bonds is 3. The molecule has 0 aromatic rings. The predicted molar refractivity (Wildman–Crippen MR) is 44.0 cm³/mol. The fraction of sp³-hybridized carbons (Fsp3) is 0.857. The zero-order chi connectivity index (χ0) is 8.20. The van der Waals surface area contributed by atoms with Crippen molar-refractivity contribution in [2.45, 2.75) is 30.7 Å². The SMILES string of the molecule is COC(C)(C)CC(Br)C#N. The van der Waals surface area contributed by atoms with E-state index in [-0.39, 0.29) is 10.4 Å². The summed E-state index contributed by atoms with van der Waals surface area (Å²) in [5.41, 5.74) is -0.204. The number of alkyl halides is 1. The van der Waals surface area contributed by atoms with Gasteiger partial charge in [0.05, 0.1) is 11.7 Å². The van der Waals surface area contributed by atoms with Gasteiger partial charge in [-0.1, -0.05) is 15.9 Å². The highest BCUT2D eigenvalue weighted by atomic mass is 79.9. The van der Waals surface area contributed by atoms with Crippen LogP contribution in [0.3, 0.4) is 0 Å². The first-order valence-corrected chi connectivity index (χ1v) is 4.02. The van der Waals surface area contributed by atoms with Crippen LogP contribution in [0.4, 0.5) is 0 Å². The van der Waals surface area contributed by atoms with Gasteiger partial charge in [-0.2, -0.15) is 5.26 Å². The molecule has 0 aliphatic carbocycles. The molecule has 0 aliphatic heterocycles. The molecular formula is C7H12BrNO. The van der Waals surface area contributed by atoms with Crippen molar-refractivity contribution in [1.82, 2.24) is 0 Å². The molecule has 0 bridgehead atoms. The molecule has 0 aliphatic rings. The van der Waals surface area contributed by atoms with Crippen molar-refractivity contribution >= 4 is 15.9 Å². The van der Waals surface area contributed by atoms with Crippen molar-refractivity contribution in [3.8, 4) is 6.07 Å². The molecule has 0 aromatic carbocycles. The number of hydrogen-bond donors (Lipinski definition) is 0. The second kappa shape index (κ2) is 3.95. The van der Waals surface area contributed by atoms with E-state index in [1.807, 2.05) is 13.8 Å². The number of hydrogen-bond acceptors (Lipinski definition) is 2. The van der Waals surface area contributed by atoms with Gasteiger partial charge < -0.3 is 4.74 Å².